The van der Waals surface area contributed by atoms with E-state index in [1.807, 2.05) is 11.1 Å². The van der Waals surface area contributed by atoms with Gasteiger partial charge in [0.2, 0.25) is 0 Å². The Balaban J connectivity index is 1.40. The average molecular weight is 353 g/mol. The first-order valence-corrected chi connectivity index (χ1v) is 9.52. The third-order valence-electron chi connectivity index (χ3n) is 5.36. The van der Waals surface area contributed by atoms with Crippen LogP contribution in [0.15, 0.2) is 36.5 Å². The van der Waals surface area contributed by atoms with Crippen molar-refractivity contribution < 1.29 is 4.79 Å². The van der Waals surface area contributed by atoms with Gasteiger partial charge in [-0.3, -0.25) is 9.58 Å². The molecule has 2 amide bonds. The number of amides is 2. The molecule has 0 unspecified atom stereocenters. The third-order valence-corrected chi connectivity index (χ3v) is 5.36. The van der Waals surface area contributed by atoms with Gasteiger partial charge in [-0.2, -0.15) is 5.10 Å². The van der Waals surface area contributed by atoms with Crippen LogP contribution in [-0.4, -0.2) is 51.8 Å². The Labute approximate surface area is 154 Å². The van der Waals surface area contributed by atoms with E-state index >= 15 is 0 Å². The molecule has 3 heterocycles. The van der Waals surface area contributed by atoms with Gasteiger partial charge in [0.15, 0.2) is 0 Å². The van der Waals surface area contributed by atoms with Crippen LogP contribution in [0.5, 0.6) is 0 Å². The molecule has 1 N–H and O–H groups in total. The first-order valence-electron chi connectivity index (χ1n) is 9.52. The van der Waals surface area contributed by atoms with Crippen molar-refractivity contribution in [3.05, 3.63) is 53.3 Å². The number of urea groups is 1. The number of aryl methyl sites for hydroxylation is 1. The summed E-state index contributed by atoms with van der Waals surface area (Å²) in [6.07, 6.45) is 4.09. The first kappa shape index (κ1) is 17.1. The van der Waals surface area contributed by atoms with E-state index in [1.54, 1.807) is 0 Å². The van der Waals surface area contributed by atoms with Crippen LogP contribution in [0.25, 0.3) is 0 Å². The topological polar surface area (TPSA) is 53.4 Å². The fourth-order valence-electron chi connectivity index (χ4n) is 3.92. The Morgan fingerprint density at radius 3 is 2.73 bits per heavy atom. The third kappa shape index (κ3) is 3.75. The Morgan fingerprint density at radius 1 is 1.19 bits per heavy atom. The van der Waals surface area contributed by atoms with Crippen molar-refractivity contribution in [3.63, 3.8) is 0 Å². The van der Waals surface area contributed by atoms with E-state index in [9.17, 15) is 4.79 Å². The molecule has 1 atom stereocenters. The second-order valence-electron chi connectivity index (χ2n) is 7.46. The molecule has 1 aromatic carbocycles. The van der Waals surface area contributed by atoms with Gasteiger partial charge in [-0.25, -0.2) is 4.79 Å². The van der Waals surface area contributed by atoms with Crippen LogP contribution in [0.3, 0.4) is 0 Å². The standard InChI is InChI=1S/C20H27N5O/c1-16-4-6-17(7-5-16)13-23-14-18-8-9-22-25(18)19(15-23)12-21-20(26)24-10-2-3-11-24/h4-9,19H,2-3,10-15H2,1H3,(H,21,26)/t19-/m1/s1. The number of carbonyl (C=O) groups is 1. The van der Waals surface area contributed by atoms with E-state index in [4.69, 9.17) is 0 Å². The minimum Gasteiger partial charge on any atom is -0.336 e. The Kier molecular flexibility index (Phi) is 4.93. The number of benzene rings is 1. The van der Waals surface area contributed by atoms with Gasteiger partial charge < -0.3 is 10.2 Å². The van der Waals surface area contributed by atoms with Crippen molar-refractivity contribution in [3.8, 4) is 0 Å². The SMILES string of the molecule is Cc1ccc(CN2Cc3ccnn3[C@H](CNC(=O)N3CCCC3)C2)cc1. The highest BCUT2D eigenvalue weighted by Gasteiger charge is 2.27. The number of nitrogens with one attached hydrogen (secondary N) is 1. The molecule has 0 bridgehead atoms. The number of hydrogen-bond acceptors (Lipinski definition) is 3. The normalized spacial score (nSPS) is 20.2. The second kappa shape index (κ2) is 7.50. The number of likely N-dealkylation sites (tertiary alicyclic amines) is 1. The van der Waals surface area contributed by atoms with Gasteiger partial charge in [-0.1, -0.05) is 29.8 Å². The van der Waals surface area contributed by atoms with E-state index in [0.717, 1.165) is 45.6 Å². The molecule has 2 aliphatic heterocycles. The molecule has 0 spiro atoms. The highest BCUT2D eigenvalue weighted by molar-refractivity contribution is 5.74. The van der Waals surface area contributed by atoms with E-state index < -0.39 is 0 Å². The molecular formula is C20H27N5O. The number of aromatic nitrogens is 2. The van der Waals surface area contributed by atoms with Crippen LogP contribution >= 0.6 is 0 Å². The average Bonchev–Trinajstić information content (AvgIpc) is 3.33. The Morgan fingerprint density at radius 2 is 1.96 bits per heavy atom. The van der Waals surface area contributed by atoms with Crippen molar-refractivity contribution in [1.29, 1.82) is 0 Å². The molecule has 4 rings (SSSR count). The molecule has 0 aliphatic carbocycles. The summed E-state index contributed by atoms with van der Waals surface area (Å²) in [5, 5.41) is 7.61. The first-order chi connectivity index (χ1) is 12.7. The number of hydrogen-bond donors (Lipinski definition) is 1. The van der Waals surface area contributed by atoms with Gasteiger partial charge in [-0.05, 0) is 31.4 Å². The smallest absolute Gasteiger partial charge is 0.317 e. The van der Waals surface area contributed by atoms with Crippen LogP contribution in [0.4, 0.5) is 4.79 Å². The number of carbonyl (C=O) groups excluding carboxylic acids is 1. The molecule has 138 valence electrons. The van der Waals surface area contributed by atoms with E-state index in [-0.39, 0.29) is 12.1 Å². The largest absolute Gasteiger partial charge is 0.336 e. The van der Waals surface area contributed by atoms with Crippen molar-refractivity contribution in [2.45, 2.75) is 38.9 Å². The van der Waals surface area contributed by atoms with Crippen molar-refractivity contribution in [1.82, 2.24) is 24.9 Å². The van der Waals surface area contributed by atoms with Crippen LogP contribution in [0, 0.1) is 6.92 Å². The summed E-state index contributed by atoms with van der Waals surface area (Å²) in [4.78, 5) is 16.7. The van der Waals surface area contributed by atoms with Crippen molar-refractivity contribution in [2.75, 3.05) is 26.2 Å². The summed E-state index contributed by atoms with van der Waals surface area (Å²) in [7, 11) is 0. The monoisotopic (exact) mass is 353 g/mol. The van der Waals surface area contributed by atoms with Gasteiger partial charge in [0.05, 0.1) is 11.7 Å². The fourth-order valence-corrected chi connectivity index (χ4v) is 3.92. The summed E-state index contributed by atoms with van der Waals surface area (Å²) in [6, 6.07) is 11.0. The molecule has 6 heteroatoms. The molecule has 0 radical (unpaired) electrons. The zero-order valence-electron chi connectivity index (χ0n) is 15.4. The molecule has 0 saturated carbocycles. The van der Waals surface area contributed by atoms with Crippen LogP contribution in [0.2, 0.25) is 0 Å². The minimum absolute atomic E-state index is 0.0619. The summed E-state index contributed by atoms with van der Waals surface area (Å²) in [5.41, 5.74) is 3.82. The predicted octanol–water partition coefficient (Wildman–Crippen LogP) is 2.55. The highest BCUT2D eigenvalue weighted by Crippen LogP contribution is 2.22. The maximum absolute atomic E-state index is 12.3. The highest BCUT2D eigenvalue weighted by atomic mass is 16.2. The summed E-state index contributed by atoms with van der Waals surface area (Å²) < 4.78 is 2.08. The van der Waals surface area contributed by atoms with Crippen LogP contribution in [-0.2, 0) is 13.1 Å². The second-order valence-corrected chi connectivity index (χ2v) is 7.46. The quantitative estimate of drug-likeness (QED) is 0.919. The molecule has 6 nitrogen and oxygen atoms in total. The minimum atomic E-state index is 0.0619. The van der Waals surface area contributed by atoms with E-state index in [1.165, 1.54) is 16.8 Å². The van der Waals surface area contributed by atoms with Crippen molar-refractivity contribution in [2.24, 2.45) is 0 Å². The number of nitrogens with zero attached hydrogens (tertiary/aromatic N) is 4. The molecule has 26 heavy (non-hydrogen) atoms. The lowest BCUT2D eigenvalue weighted by Crippen LogP contribution is -2.45. The van der Waals surface area contributed by atoms with Gasteiger partial charge in [0.25, 0.3) is 0 Å². The fraction of sp³-hybridized carbons (Fsp3) is 0.500. The van der Waals surface area contributed by atoms with Gasteiger partial charge in [-0.15, -0.1) is 0 Å². The zero-order valence-corrected chi connectivity index (χ0v) is 15.4. The van der Waals surface area contributed by atoms with E-state index in [2.05, 4.69) is 57.3 Å². The van der Waals surface area contributed by atoms with E-state index in [0.29, 0.717) is 6.54 Å². The molecule has 1 saturated heterocycles. The zero-order chi connectivity index (χ0) is 17.9. The van der Waals surface area contributed by atoms with Gasteiger partial charge in [0.1, 0.15) is 0 Å². The van der Waals surface area contributed by atoms with Crippen LogP contribution < -0.4 is 5.32 Å². The maximum Gasteiger partial charge on any atom is 0.317 e. The Bertz CT molecular complexity index is 748. The lowest BCUT2D eigenvalue weighted by molar-refractivity contribution is 0.161. The predicted molar refractivity (Wildman–Crippen MR) is 101 cm³/mol. The summed E-state index contributed by atoms with van der Waals surface area (Å²) in [5.74, 6) is 0. The van der Waals surface area contributed by atoms with Gasteiger partial charge >= 0.3 is 6.03 Å². The summed E-state index contributed by atoms with van der Waals surface area (Å²) >= 11 is 0. The molecule has 1 fully saturated rings. The van der Waals surface area contributed by atoms with Crippen molar-refractivity contribution >= 4 is 6.03 Å². The molecule has 2 aliphatic rings. The summed E-state index contributed by atoms with van der Waals surface area (Å²) in [6.45, 7) is 7.19. The van der Waals surface area contributed by atoms with Gasteiger partial charge in [0, 0.05) is 45.5 Å². The molecule has 1 aromatic heterocycles. The molecular weight excluding hydrogens is 326 g/mol. The van der Waals surface area contributed by atoms with Crippen LogP contribution in [0.1, 0.15) is 35.7 Å². The molecule has 2 aromatic rings. The number of rotatable bonds is 4. The maximum atomic E-state index is 12.3. The lowest BCUT2D eigenvalue weighted by Gasteiger charge is -2.34. The lowest BCUT2D eigenvalue weighted by atomic mass is 10.1. The number of fused-ring (bicyclic) bond motifs is 1. The Hall–Kier alpha value is -2.34.